The Labute approximate surface area is 155 Å². The zero-order valence-corrected chi connectivity index (χ0v) is 13.9. The molecule has 2 rings (SSSR count). The summed E-state index contributed by atoms with van der Waals surface area (Å²) in [6.45, 7) is 0. The molecule has 0 unspecified atom stereocenters. The van der Waals surface area contributed by atoms with Gasteiger partial charge in [0.25, 0.3) is 0 Å². The van der Waals surface area contributed by atoms with E-state index in [1.807, 2.05) is 0 Å². The summed E-state index contributed by atoms with van der Waals surface area (Å²) in [7, 11) is 0. The van der Waals surface area contributed by atoms with Gasteiger partial charge in [0.1, 0.15) is 5.75 Å². The number of halogens is 6. The molecular weight excluding hydrogens is 390 g/mol. The molecule has 0 aliphatic rings. The third-order valence-electron chi connectivity index (χ3n) is 3.42. The Balaban J connectivity index is 2.41. The summed E-state index contributed by atoms with van der Waals surface area (Å²) < 4.78 is 78.7. The van der Waals surface area contributed by atoms with Gasteiger partial charge in [0, 0.05) is 6.08 Å². The van der Waals surface area contributed by atoms with E-state index in [0.29, 0.717) is 16.7 Å². The highest BCUT2D eigenvalue weighted by Gasteiger charge is 2.31. The standard InChI is InChI=1S/C19H12F6O3/c20-18(21,22)14-8-4-12(5-9-14)16(2-1-3-17(26)27)13-6-10-15(11-7-13)28-19(23,24)25/h1-11H,(H,26,27). The Hall–Kier alpha value is -3.23. The Morgan fingerprint density at radius 2 is 1.36 bits per heavy atom. The lowest BCUT2D eigenvalue weighted by Crippen LogP contribution is -2.17. The molecule has 148 valence electrons. The quantitative estimate of drug-likeness (QED) is 0.398. The molecule has 0 aliphatic heterocycles. The number of carbonyl (C=O) groups is 1. The molecule has 0 bridgehead atoms. The fourth-order valence-electron chi connectivity index (χ4n) is 2.26. The SMILES string of the molecule is O=C(O)C=CC=C(c1ccc(OC(F)(F)F)cc1)c1ccc(C(F)(F)F)cc1. The Morgan fingerprint density at radius 3 is 1.79 bits per heavy atom. The third kappa shape index (κ3) is 6.19. The van der Waals surface area contributed by atoms with Crippen LogP contribution in [0.2, 0.25) is 0 Å². The fourth-order valence-corrected chi connectivity index (χ4v) is 2.26. The molecule has 0 spiro atoms. The molecule has 0 radical (unpaired) electrons. The van der Waals surface area contributed by atoms with Crippen LogP contribution in [0.1, 0.15) is 16.7 Å². The van der Waals surface area contributed by atoms with Crippen LogP contribution in [0.15, 0.2) is 66.8 Å². The van der Waals surface area contributed by atoms with E-state index in [1.165, 1.54) is 30.3 Å². The van der Waals surface area contributed by atoms with E-state index in [1.54, 1.807) is 0 Å². The van der Waals surface area contributed by atoms with Crippen LogP contribution in [0.3, 0.4) is 0 Å². The third-order valence-corrected chi connectivity index (χ3v) is 3.42. The van der Waals surface area contributed by atoms with Crippen LogP contribution < -0.4 is 4.74 Å². The lowest BCUT2D eigenvalue weighted by molar-refractivity contribution is -0.274. The first kappa shape index (κ1) is 21.1. The molecule has 0 amide bonds. The molecule has 28 heavy (non-hydrogen) atoms. The molecule has 0 saturated carbocycles. The summed E-state index contributed by atoms with van der Waals surface area (Å²) in [5, 5.41) is 8.67. The second-order valence-corrected chi connectivity index (χ2v) is 5.42. The van der Waals surface area contributed by atoms with Gasteiger partial charge in [0.05, 0.1) is 5.56 Å². The van der Waals surface area contributed by atoms with Crippen molar-refractivity contribution in [3.63, 3.8) is 0 Å². The number of alkyl halides is 6. The van der Waals surface area contributed by atoms with E-state index in [4.69, 9.17) is 5.11 Å². The van der Waals surface area contributed by atoms with E-state index in [9.17, 15) is 31.1 Å². The topological polar surface area (TPSA) is 46.5 Å². The number of carboxylic acid groups (broad SMARTS) is 1. The minimum atomic E-state index is -4.86. The summed E-state index contributed by atoms with van der Waals surface area (Å²) in [6.07, 6.45) is -6.09. The molecule has 2 aromatic rings. The molecule has 9 heteroatoms. The molecule has 0 saturated heterocycles. The van der Waals surface area contributed by atoms with Gasteiger partial charge in [0.15, 0.2) is 0 Å². The van der Waals surface area contributed by atoms with Gasteiger partial charge in [-0.05, 0) is 41.0 Å². The first-order chi connectivity index (χ1) is 13.0. The molecule has 0 aromatic heterocycles. The molecule has 0 aliphatic carbocycles. The largest absolute Gasteiger partial charge is 0.573 e. The molecule has 0 fully saturated rings. The van der Waals surface area contributed by atoms with Crippen molar-refractivity contribution < 1.29 is 41.0 Å². The molecule has 0 heterocycles. The van der Waals surface area contributed by atoms with E-state index >= 15 is 0 Å². The first-order valence-electron chi connectivity index (χ1n) is 7.61. The highest BCUT2D eigenvalue weighted by molar-refractivity contribution is 5.84. The van der Waals surface area contributed by atoms with Gasteiger partial charge in [-0.2, -0.15) is 13.2 Å². The van der Waals surface area contributed by atoms with Crippen LogP contribution in [0.5, 0.6) is 5.75 Å². The molecule has 3 nitrogen and oxygen atoms in total. The minimum absolute atomic E-state index is 0.310. The number of benzene rings is 2. The summed E-state index contributed by atoms with van der Waals surface area (Å²) in [5.41, 5.74) is 0.104. The van der Waals surface area contributed by atoms with Gasteiger partial charge < -0.3 is 9.84 Å². The van der Waals surface area contributed by atoms with E-state index in [-0.39, 0.29) is 0 Å². The summed E-state index contributed by atoms with van der Waals surface area (Å²) in [5.74, 6) is -1.71. The van der Waals surface area contributed by atoms with Gasteiger partial charge in [-0.15, -0.1) is 13.2 Å². The van der Waals surface area contributed by atoms with Gasteiger partial charge in [-0.3, -0.25) is 0 Å². The monoisotopic (exact) mass is 402 g/mol. The van der Waals surface area contributed by atoms with Crippen molar-refractivity contribution in [3.05, 3.63) is 83.4 Å². The van der Waals surface area contributed by atoms with Crippen LogP contribution in [-0.4, -0.2) is 17.4 Å². The van der Waals surface area contributed by atoms with Crippen LogP contribution >= 0.6 is 0 Å². The summed E-state index contributed by atoms with van der Waals surface area (Å²) in [4.78, 5) is 10.6. The number of ether oxygens (including phenoxy) is 1. The van der Waals surface area contributed by atoms with Crippen molar-refractivity contribution in [2.24, 2.45) is 0 Å². The Morgan fingerprint density at radius 1 is 0.857 bits per heavy atom. The van der Waals surface area contributed by atoms with E-state index in [0.717, 1.165) is 36.4 Å². The summed E-state index contributed by atoms with van der Waals surface area (Å²) >= 11 is 0. The first-order valence-corrected chi connectivity index (χ1v) is 7.61. The van der Waals surface area contributed by atoms with Gasteiger partial charge in [-0.1, -0.05) is 36.4 Å². The zero-order chi connectivity index (χ0) is 20.9. The molecular formula is C19H12F6O3. The highest BCUT2D eigenvalue weighted by atomic mass is 19.4. The van der Waals surface area contributed by atoms with Crippen LogP contribution in [0.4, 0.5) is 26.3 Å². The van der Waals surface area contributed by atoms with Crippen LogP contribution in [0, 0.1) is 0 Å². The van der Waals surface area contributed by atoms with Crippen LogP contribution in [0.25, 0.3) is 5.57 Å². The van der Waals surface area contributed by atoms with Crippen molar-refractivity contribution >= 4 is 11.5 Å². The minimum Gasteiger partial charge on any atom is -0.478 e. The maximum Gasteiger partial charge on any atom is 0.573 e. The van der Waals surface area contributed by atoms with Crippen LogP contribution in [-0.2, 0) is 11.0 Å². The number of rotatable bonds is 5. The number of hydrogen-bond donors (Lipinski definition) is 1. The lowest BCUT2D eigenvalue weighted by atomic mass is 9.96. The number of allylic oxidation sites excluding steroid dienone is 2. The molecule has 0 atom stereocenters. The number of carboxylic acids is 1. The average Bonchev–Trinajstić information content (AvgIpc) is 2.57. The predicted molar refractivity (Wildman–Crippen MR) is 88.4 cm³/mol. The van der Waals surface area contributed by atoms with Gasteiger partial charge in [0.2, 0.25) is 0 Å². The van der Waals surface area contributed by atoms with Crippen molar-refractivity contribution in [1.82, 2.24) is 0 Å². The number of aliphatic carboxylic acids is 1. The van der Waals surface area contributed by atoms with Crippen molar-refractivity contribution in [1.29, 1.82) is 0 Å². The second kappa shape index (κ2) is 8.20. The maximum atomic E-state index is 12.7. The van der Waals surface area contributed by atoms with Crippen molar-refractivity contribution in [3.8, 4) is 5.75 Å². The molecule has 2 aromatic carbocycles. The average molecular weight is 402 g/mol. The maximum absolute atomic E-state index is 12.7. The number of hydrogen-bond acceptors (Lipinski definition) is 2. The van der Waals surface area contributed by atoms with Crippen molar-refractivity contribution in [2.45, 2.75) is 12.5 Å². The Bertz CT molecular complexity index is 876. The summed E-state index contributed by atoms with van der Waals surface area (Å²) in [6, 6.07) is 8.71. The van der Waals surface area contributed by atoms with Crippen molar-refractivity contribution in [2.75, 3.05) is 0 Å². The highest BCUT2D eigenvalue weighted by Crippen LogP contribution is 2.32. The lowest BCUT2D eigenvalue weighted by Gasteiger charge is -2.12. The normalized spacial score (nSPS) is 13.0. The van der Waals surface area contributed by atoms with Gasteiger partial charge >= 0.3 is 18.5 Å². The smallest absolute Gasteiger partial charge is 0.478 e. The molecule has 1 N–H and O–H groups in total. The van der Waals surface area contributed by atoms with Gasteiger partial charge in [-0.25, -0.2) is 4.79 Å². The Kier molecular flexibility index (Phi) is 6.17. The second-order valence-electron chi connectivity index (χ2n) is 5.42. The predicted octanol–water partition coefficient (Wildman–Crippen LogP) is 5.68. The van der Waals surface area contributed by atoms with E-state index < -0.39 is 29.8 Å². The zero-order valence-electron chi connectivity index (χ0n) is 13.9. The fraction of sp³-hybridized carbons (Fsp3) is 0.105. The van der Waals surface area contributed by atoms with E-state index in [2.05, 4.69) is 4.74 Å².